The zero-order valence-electron chi connectivity index (χ0n) is 8.15. The summed E-state index contributed by atoms with van der Waals surface area (Å²) in [6.45, 7) is 10.1. The molecule has 0 radical (unpaired) electrons. The van der Waals surface area contributed by atoms with E-state index < -0.39 is 0 Å². The van der Waals surface area contributed by atoms with E-state index in [1.165, 1.54) is 0 Å². The van der Waals surface area contributed by atoms with Crippen LogP contribution in [0.5, 0.6) is 0 Å². The predicted octanol–water partition coefficient (Wildman–Crippen LogP) is 1.10. The van der Waals surface area contributed by atoms with Crippen LogP contribution in [0.15, 0.2) is 12.7 Å². The number of rotatable bonds is 5. The van der Waals surface area contributed by atoms with Gasteiger partial charge in [0, 0.05) is 18.6 Å². The molecule has 11 heavy (non-hydrogen) atoms. The summed E-state index contributed by atoms with van der Waals surface area (Å²) in [6, 6.07) is 0. The van der Waals surface area contributed by atoms with E-state index in [1.807, 2.05) is 13.1 Å². The van der Waals surface area contributed by atoms with Crippen molar-refractivity contribution in [3.63, 3.8) is 0 Å². The van der Waals surface area contributed by atoms with Crippen LogP contribution >= 0.6 is 0 Å². The lowest BCUT2D eigenvalue weighted by atomic mass is 10.1. The van der Waals surface area contributed by atoms with Crippen molar-refractivity contribution in [3.05, 3.63) is 12.7 Å². The van der Waals surface area contributed by atoms with Gasteiger partial charge in [-0.2, -0.15) is 0 Å². The van der Waals surface area contributed by atoms with Crippen molar-refractivity contribution in [1.82, 2.24) is 10.2 Å². The highest BCUT2D eigenvalue weighted by molar-refractivity contribution is 4.81. The first kappa shape index (κ1) is 10.7. The highest BCUT2D eigenvalue weighted by atomic mass is 15.1. The van der Waals surface area contributed by atoms with Crippen molar-refractivity contribution in [2.75, 3.05) is 27.2 Å². The summed E-state index contributed by atoms with van der Waals surface area (Å²) in [6.07, 6.45) is 1.92. The molecule has 2 nitrogen and oxygen atoms in total. The Morgan fingerprint density at radius 3 is 2.45 bits per heavy atom. The Balaban J connectivity index is 3.72. The molecule has 0 rings (SSSR count). The van der Waals surface area contributed by atoms with Gasteiger partial charge in [-0.15, -0.1) is 6.58 Å². The van der Waals surface area contributed by atoms with E-state index >= 15 is 0 Å². The van der Waals surface area contributed by atoms with E-state index in [0.29, 0.717) is 0 Å². The molecule has 0 fully saturated rings. The van der Waals surface area contributed by atoms with Crippen molar-refractivity contribution in [3.8, 4) is 0 Å². The van der Waals surface area contributed by atoms with Gasteiger partial charge in [-0.3, -0.25) is 0 Å². The molecule has 0 unspecified atom stereocenters. The molecule has 0 saturated carbocycles. The highest BCUT2D eigenvalue weighted by Gasteiger charge is 2.15. The van der Waals surface area contributed by atoms with Gasteiger partial charge in [-0.05, 0) is 27.9 Å². The third-order valence-corrected chi connectivity index (χ3v) is 1.78. The van der Waals surface area contributed by atoms with E-state index in [1.54, 1.807) is 0 Å². The van der Waals surface area contributed by atoms with Crippen LogP contribution in [0.2, 0.25) is 0 Å². The smallest absolute Gasteiger partial charge is 0.0249 e. The maximum Gasteiger partial charge on any atom is 0.0249 e. The highest BCUT2D eigenvalue weighted by Crippen LogP contribution is 2.02. The van der Waals surface area contributed by atoms with E-state index in [-0.39, 0.29) is 5.54 Å². The number of nitrogens with zero attached hydrogens (tertiary/aromatic N) is 1. The van der Waals surface area contributed by atoms with Crippen LogP contribution in [0, 0.1) is 0 Å². The lowest BCUT2D eigenvalue weighted by molar-refractivity contribution is 0.263. The molecule has 0 aliphatic heterocycles. The van der Waals surface area contributed by atoms with Crippen LogP contribution in [0.4, 0.5) is 0 Å². The second kappa shape index (κ2) is 4.52. The van der Waals surface area contributed by atoms with Gasteiger partial charge >= 0.3 is 0 Å². The van der Waals surface area contributed by atoms with E-state index in [0.717, 1.165) is 13.1 Å². The fraction of sp³-hybridized carbons (Fsp3) is 0.778. The largest absolute Gasteiger partial charge is 0.314 e. The molecule has 0 aromatic rings. The van der Waals surface area contributed by atoms with Gasteiger partial charge in [-0.1, -0.05) is 6.08 Å². The van der Waals surface area contributed by atoms with Gasteiger partial charge in [-0.25, -0.2) is 0 Å². The minimum Gasteiger partial charge on any atom is -0.314 e. The number of nitrogens with one attached hydrogen (secondary N) is 1. The van der Waals surface area contributed by atoms with Gasteiger partial charge in [0.1, 0.15) is 0 Å². The molecular formula is C9H20N2. The molecule has 66 valence electrons. The number of hydrogen-bond donors (Lipinski definition) is 1. The monoisotopic (exact) mass is 156 g/mol. The summed E-state index contributed by atoms with van der Waals surface area (Å²) in [5.41, 5.74) is 0.192. The minimum atomic E-state index is 0.192. The van der Waals surface area contributed by atoms with Crippen molar-refractivity contribution >= 4 is 0 Å². The lowest BCUT2D eigenvalue weighted by Crippen LogP contribution is -2.46. The van der Waals surface area contributed by atoms with Crippen molar-refractivity contribution in [1.29, 1.82) is 0 Å². The molecule has 0 aromatic heterocycles. The van der Waals surface area contributed by atoms with Crippen molar-refractivity contribution in [2.45, 2.75) is 19.4 Å². The Hall–Kier alpha value is -0.340. The van der Waals surface area contributed by atoms with Crippen LogP contribution in [0.3, 0.4) is 0 Å². The molecule has 0 atom stereocenters. The average Bonchev–Trinajstić information content (AvgIpc) is 1.87. The Bertz CT molecular complexity index is 119. The van der Waals surface area contributed by atoms with Crippen LogP contribution in [0.1, 0.15) is 13.8 Å². The Morgan fingerprint density at radius 2 is 2.09 bits per heavy atom. The summed E-state index contributed by atoms with van der Waals surface area (Å²) >= 11 is 0. The fourth-order valence-corrected chi connectivity index (χ4v) is 1.04. The normalized spacial score (nSPS) is 12.1. The predicted molar refractivity (Wildman–Crippen MR) is 50.8 cm³/mol. The lowest BCUT2D eigenvalue weighted by Gasteiger charge is -2.29. The van der Waals surface area contributed by atoms with Crippen molar-refractivity contribution in [2.24, 2.45) is 0 Å². The quantitative estimate of drug-likeness (QED) is 0.600. The minimum absolute atomic E-state index is 0.192. The van der Waals surface area contributed by atoms with Crippen LogP contribution in [-0.2, 0) is 0 Å². The number of hydrogen-bond acceptors (Lipinski definition) is 2. The standard InChI is InChI=1S/C9H20N2/c1-6-7-11(5)8-9(2,3)10-4/h6,10H,1,7-8H2,2-5H3. The molecule has 1 N–H and O–H groups in total. The summed E-state index contributed by atoms with van der Waals surface area (Å²) in [5, 5.41) is 3.25. The average molecular weight is 156 g/mol. The molecule has 0 aliphatic rings. The first-order valence-electron chi connectivity index (χ1n) is 4.00. The van der Waals surface area contributed by atoms with Crippen LogP contribution in [-0.4, -0.2) is 37.6 Å². The SMILES string of the molecule is C=CCN(C)CC(C)(C)NC. The maximum absolute atomic E-state index is 3.69. The zero-order chi connectivity index (χ0) is 8.91. The Kier molecular flexibility index (Phi) is 4.38. The molecule has 2 heteroatoms. The second-order valence-electron chi connectivity index (χ2n) is 3.62. The molecule has 0 aromatic carbocycles. The third kappa shape index (κ3) is 4.99. The van der Waals surface area contributed by atoms with Crippen LogP contribution < -0.4 is 5.32 Å². The van der Waals surface area contributed by atoms with Gasteiger partial charge in [0.2, 0.25) is 0 Å². The Labute approximate surface area is 70.3 Å². The van der Waals surface area contributed by atoms with Gasteiger partial charge in [0.05, 0.1) is 0 Å². The Morgan fingerprint density at radius 1 is 1.55 bits per heavy atom. The summed E-state index contributed by atoms with van der Waals surface area (Å²) < 4.78 is 0. The fourth-order valence-electron chi connectivity index (χ4n) is 1.04. The topological polar surface area (TPSA) is 15.3 Å². The molecule has 0 amide bonds. The summed E-state index contributed by atoms with van der Waals surface area (Å²) in [4.78, 5) is 2.24. The van der Waals surface area contributed by atoms with Crippen molar-refractivity contribution < 1.29 is 0 Å². The number of likely N-dealkylation sites (N-methyl/N-ethyl adjacent to an activating group) is 2. The summed E-state index contributed by atoms with van der Waals surface area (Å²) in [5.74, 6) is 0. The molecule has 0 saturated heterocycles. The molecule has 0 heterocycles. The molecule has 0 spiro atoms. The zero-order valence-corrected chi connectivity index (χ0v) is 8.15. The molecule has 0 bridgehead atoms. The first-order chi connectivity index (χ1) is 5.02. The third-order valence-electron chi connectivity index (χ3n) is 1.78. The summed E-state index contributed by atoms with van der Waals surface area (Å²) in [7, 11) is 4.09. The van der Waals surface area contributed by atoms with E-state index in [4.69, 9.17) is 0 Å². The van der Waals surface area contributed by atoms with Gasteiger partial charge in [0.15, 0.2) is 0 Å². The van der Waals surface area contributed by atoms with E-state index in [9.17, 15) is 0 Å². The maximum atomic E-state index is 3.69. The van der Waals surface area contributed by atoms with E-state index in [2.05, 4.69) is 37.7 Å². The first-order valence-corrected chi connectivity index (χ1v) is 4.00. The second-order valence-corrected chi connectivity index (χ2v) is 3.62. The van der Waals surface area contributed by atoms with Gasteiger partial charge in [0.25, 0.3) is 0 Å². The molecular weight excluding hydrogens is 136 g/mol. The van der Waals surface area contributed by atoms with Crippen LogP contribution in [0.25, 0.3) is 0 Å². The molecule has 0 aliphatic carbocycles. The van der Waals surface area contributed by atoms with Gasteiger partial charge < -0.3 is 10.2 Å².